The highest BCUT2D eigenvalue weighted by Gasteiger charge is 2.33. The predicted octanol–water partition coefficient (Wildman–Crippen LogP) is 6.23. The van der Waals surface area contributed by atoms with Crippen LogP contribution in [-0.2, 0) is 37.0 Å². The fraction of sp³-hybridized carbons (Fsp3) is 0.459. The summed E-state index contributed by atoms with van der Waals surface area (Å²) in [6.07, 6.45) is 5.80. The molecule has 0 radical (unpaired) electrons. The minimum atomic E-state index is -0.838. The lowest BCUT2D eigenvalue weighted by molar-refractivity contribution is -0.253. The van der Waals surface area contributed by atoms with Gasteiger partial charge >= 0.3 is 5.97 Å². The number of likely N-dealkylation sites (tertiary alicyclic amines) is 1. The zero-order valence-corrected chi connectivity index (χ0v) is 26.5. The van der Waals surface area contributed by atoms with Crippen molar-refractivity contribution in [3.8, 4) is 11.1 Å². The Morgan fingerprint density at radius 1 is 0.889 bits per heavy atom. The molecule has 2 fully saturated rings. The van der Waals surface area contributed by atoms with Crippen molar-refractivity contribution in [1.82, 2.24) is 10.2 Å². The Kier molecular flexibility index (Phi) is 11.8. The van der Waals surface area contributed by atoms with Gasteiger partial charge < -0.3 is 29.5 Å². The summed E-state index contributed by atoms with van der Waals surface area (Å²) in [5, 5.41) is 12.4. The maximum absolute atomic E-state index is 12.3. The number of carbonyl (C=O) groups is 2. The van der Waals surface area contributed by atoms with Gasteiger partial charge in [0.25, 0.3) is 5.91 Å². The number of nitrogens with zero attached hydrogens (tertiary/aromatic N) is 1. The van der Waals surface area contributed by atoms with Gasteiger partial charge in [-0.15, -0.1) is 0 Å². The van der Waals surface area contributed by atoms with E-state index in [4.69, 9.17) is 14.2 Å². The van der Waals surface area contributed by atoms with Crippen molar-refractivity contribution in [3.05, 3.63) is 95.1 Å². The Balaban J connectivity index is 1.28. The summed E-state index contributed by atoms with van der Waals surface area (Å²) in [6, 6.07) is 24.3. The summed E-state index contributed by atoms with van der Waals surface area (Å²) in [4.78, 5) is 26.0. The number of hydrogen-bond donors (Lipinski definition) is 2. The maximum Gasteiger partial charge on any atom is 0.303 e. The van der Waals surface area contributed by atoms with E-state index in [0.29, 0.717) is 6.54 Å². The van der Waals surface area contributed by atoms with Crippen molar-refractivity contribution in [2.75, 3.05) is 19.6 Å². The van der Waals surface area contributed by atoms with Gasteiger partial charge in [0, 0.05) is 32.0 Å². The number of esters is 1. The summed E-state index contributed by atoms with van der Waals surface area (Å²) in [5.74, 6) is -0.817. The molecule has 3 aromatic carbocycles. The van der Waals surface area contributed by atoms with Crippen LogP contribution >= 0.6 is 0 Å². The fourth-order valence-corrected chi connectivity index (χ4v) is 6.15. The van der Waals surface area contributed by atoms with Crippen molar-refractivity contribution in [1.29, 1.82) is 0 Å². The van der Waals surface area contributed by atoms with Crippen LogP contribution in [0.25, 0.3) is 11.1 Å². The maximum atomic E-state index is 12.3. The van der Waals surface area contributed by atoms with E-state index in [2.05, 4.69) is 46.6 Å². The molecule has 240 valence electrons. The summed E-state index contributed by atoms with van der Waals surface area (Å²) < 4.78 is 18.2. The molecule has 0 bridgehead atoms. The van der Waals surface area contributed by atoms with E-state index in [-0.39, 0.29) is 24.7 Å². The van der Waals surface area contributed by atoms with Crippen LogP contribution in [-0.4, -0.2) is 53.7 Å². The highest BCUT2D eigenvalue weighted by molar-refractivity contribution is 5.82. The molecular weight excluding hydrogens is 568 g/mol. The number of rotatable bonds is 10. The number of ether oxygens (including phenoxy) is 3. The molecule has 1 amide bonds. The lowest BCUT2D eigenvalue weighted by atomic mass is 9.98. The first-order valence-corrected chi connectivity index (χ1v) is 16.2. The van der Waals surface area contributed by atoms with Crippen LogP contribution in [0.3, 0.4) is 0 Å². The third-order valence-corrected chi connectivity index (χ3v) is 8.65. The second-order valence-corrected chi connectivity index (χ2v) is 12.2. The second-order valence-electron chi connectivity index (χ2n) is 12.2. The summed E-state index contributed by atoms with van der Waals surface area (Å²) in [6.45, 7) is 6.33. The lowest BCUT2D eigenvalue weighted by Crippen LogP contribution is -2.40. The van der Waals surface area contributed by atoms with Gasteiger partial charge in [-0.1, -0.05) is 86.0 Å². The predicted molar refractivity (Wildman–Crippen MR) is 173 cm³/mol. The van der Waals surface area contributed by atoms with E-state index in [1.54, 1.807) is 6.92 Å². The average molecular weight is 615 g/mol. The molecule has 4 unspecified atom stereocenters. The Hall–Kier alpha value is -3.56. The van der Waals surface area contributed by atoms with E-state index in [0.717, 1.165) is 59.4 Å². The molecule has 2 N–H and O–H groups in total. The molecule has 2 aliphatic rings. The number of carbonyl (C=O) groups excluding carboxylic acids is 2. The number of hydrogen-bond acceptors (Lipinski definition) is 7. The average Bonchev–Trinajstić information content (AvgIpc) is 3.04. The highest BCUT2D eigenvalue weighted by Crippen LogP contribution is 2.39. The van der Waals surface area contributed by atoms with Crippen LogP contribution in [0, 0.1) is 0 Å². The van der Waals surface area contributed by atoms with Crippen LogP contribution in [0.1, 0.15) is 87.0 Å². The number of benzene rings is 3. The van der Waals surface area contributed by atoms with E-state index in [9.17, 15) is 14.7 Å². The molecule has 2 saturated heterocycles. The summed E-state index contributed by atoms with van der Waals surface area (Å²) >= 11 is 0. The third-order valence-electron chi connectivity index (χ3n) is 8.65. The Morgan fingerprint density at radius 2 is 1.58 bits per heavy atom. The van der Waals surface area contributed by atoms with Crippen molar-refractivity contribution in [3.63, 3.8) is 0 Å². The molecule has 45 heavy (non-hydrogen) atoms. The van der Waals surface area contributed by atoms with Crippen molar-refractivity contribution in [2.45, 2.75) is 90.1 Å². The number of aliphatic hydroxyl groups is 1. The molecule has 8 nitrogen and oxygen atoms in total. The zero-order chi connectivity index (χ0) is 31.6. The minimum Gasteiger partial charge on any atom is -0.453 e. The number of nitrogens with one attached hydrogen (secondary N) is 1. The molecule has 0 saturated carbocycles. The lowest BCUT2D eigenvalue weighted by Gasteiger charge is -2.38. The van der Waals surface area contributed by atoms with Crippen LogP contribution < -0.4 is 5.32 Å². The molecule has 2 aliphatic heterocycles. The molecular formula is C37H46N2O6. The van der Waals surface area contributed by atoms with Crippen LogP contribution in [0.2, 0.25) is 0 Å². The molecule has 2 heterocycles. The molecule has 3 aromatic rings. The second kappa shape index (κ2) is 16.1. The van der Waals surface area contributed by atoms with E-state index in [1.807, 2.05) is 36.4 Å². The highest BCUT2D eigenvalue weighted by atomic mass is 16.7. The first-order valence-electron chi connectivity index (χ1n) is 16.2. The number of amides is 1. The van der Waals surface area contributed by atoms with Gasteiger partial charge in [-0.25, -0.2) is 0 Å². The van der Waals surface area contributed by atoms with E-state index in [1.165, 1.54) is 39.0 Å². The van der Waals surface area contributed by atoms with E-state index >= 15 is 0 Å². The Labute approximate surface area is 266 Å². The first kappa shape index (κ1) is 32.8. The minimum absolute atomic E-state index is 0.0221. The fourth-order valence-electron chi connectivity index (χ4n) is 6.15. The van der Waals surface area contributed by atoms with Gasteiger partial charge in [-0.3, -0.25) is 9.59 Å². The Bertz CT molecular complexity index is 1380. The van der Waals surface area contributed by atoms with Crippen LogP contribution in [0.4, 0.5) is 0 Å². The zero-order valence-electron chi connectivity index (χ0n) is 26.5. The van der Waals surface area contributed by atoms with Gasteiger partial charge in [0.05, 0.1) is 18.8 Å². The topological polar surface area (TPSA) is 97.3 Å². The van der Waals surface area contributed by atoms with Gasteiger partial charge in [-0.05, 0) is 66.7 Å². The van der Waals surface area contributed by atoms with Gasteiger partial charge in [0.15, 0.2) is 12.4 Å². The molecule has 0 aromatic heterocycles. The van der Waals surface area contributed by atoms with Gasteiger partial charge in [-0.2, -0.15) is 0 Å². The smallest absolute Gasteiger partial charge is 0.303 e. The SMILES string of the molecule is CC(=O)OC(C)C(=O)NCc1cccc(-c2ccc(C3OC(CN4CCCCCCC4)CC(c4ccc(CO)cc4)O3)cc2)c1. The number of aliphatic hydroxyl groups excluding tert-OH is 1. The van der Waals surface area contributed by atoms with Crippen molar-refractivity contribution in [2.24, 2.45) is 0 Å². The standard InChI is InChI=1S/C37H46N2O6/c1-26(43-27(2)41)36(42)38-23-29-9-8-10-33(21-29)30-15-17-32(18-16-30)37-44-34(24-39-19-6-4-3-5-7-20-39)22-35(45-37)31-13-11-28(25-40)12-14-31/h8-18,21,26,34-35,37,40H,3-7,19-20,22-25H2,1-2H3,(H,38,42). The van der Waals surface area contributed by atoms with Gasteiger partial charge in [0.1, 0.15) is 0 Å². The third kappa shape index (κ3) is 9.47. The summed E-state index contributed by atoms with van der Waals surface area (Å²) in [7, 11) is 0. The first-order chi connectivity index (χ1) is 21.9. The van der Waals surface area contributed by atoms with Crippen molar-refractivity contribution < 1.29 is 28.9 Å². The van der Waals surface area contributed by atoms with E-state index < -0.39 is 18.4 Å². The monoisotopic (exact) mass is 614 g/mol. The molecule has 0 aliphatic carbocycles. The largest absolute Gasteiger partial charge is 0.453 e. The summed E-state index contributed by atoms with van der Waals surface area (Å²) in [5.41, 5.74) is 5.98. The van der Waals surface area contributed by atoms with Crippen LogP contribution in [0.5, 0.6) is 0 Å². The van der Waals surface area contributed by atoms with Crippen molar-refractivity contribution >= 4 is 11.9 Å². The van der Waals surface area contributed by atoms with Gasteiger partial charge in [0.2, 0.25) is 0 Å². The normalized spacial score (nSPS) is 21.7. The van der Waals surface area contributed by atoms with Crippen LogP contribution in [0.15, 0.2) is 72.8 Å². The molecule has 0 spiro atoms. The molecule has 8 heteroatoms. The molecule has 4 atom stereocenters. The quantitative estimate of drug-likeness (QED) is 0.262. The Morgan fingerprint density at radius 3 is 2.27 bits per heavy atom. The molecule has 5 rings (SSSR count).